The van der Waals surface area contributed by atoms with E-state index >= 15 is 0 Å². The lowest BCUT2D eigenvalue weighted by atomic mass is 10.1. The van der Waals surface area contributed by atoms with E-state index in [2.05, 4.69) is 39.8 Å². The fourth-order valence-electron chi connectivity index (χ4n) is 3.27. The number of fused-ring (bicyclic) bond motifs is 1. The average molecular weight is 285 g/mol. The molecule has 0 saturated carbocycles. The Bertz CT molecular complexity index is 599. The normalized spacial score (nSPS) is 27.7. The van der Waals surface area contributed by atoms with Crippen molar-refractivity contribution in [1.82, 2.24) is 15.5 Å². The molecule has 21 heavy (non-hydrogen) atoms. The summed E-state index contributed by atoms with van der Waals surface area (Å²) in [6.45, 7) is 1.32. The van der Waals surface area contributed by atoms with Crippen LogP contribution in [0.5, 0.6) is 5.75 Å². The Morgan fingerprint density at radius 3 is 3.14 bits per heavy atom. The minimum absolute atomic E-state index is 0.0374. The highest BCUT2D eigenvalue weighted by Gasteiger charge is 2.34. The van der Waals surface area contributed by atoms with Gasteiger partial charge in [0.25, 0.3) is 0 Å². The molecule has 1 saturated heterocycles. The molecule has 0 amide bonds. The minimum Gasteiger partial charge on any atom is -0.483 e. The Hall–Kier alpha value is -1.85. The Labute approximate surface area is 123 Å². The van der Waals surface area contributed by atoms with Crippen molar-refractivity contribution in [2.45, 2.75) is 31.0 Å². The lowest BCUT2D eigenvalue weighted by Gasteiger charge is -2.24. The van der Waals surface area contributed by atoms with Crippen molar-refractivity contribution in [3.63, 3.8) is 0 Å². The third-order valence-electron chi connectivity index (χ3n) is 4.34. The second kappa shape index (κ2) is 5.50. The Balaban J connectivity index is 1.44. The molecule has 2 aromatic rings. The third kappa shape index (κ3) is 2.54. The van der Waals surface area contributed by atoms with E-state index in [-0.39, 0.29) is 12.1 Å². The largest absolute Gasteiger partial charge is 0.483 e. The van der Waals surface area contributed by atoms with Gasteiger partial charge in [0.05, 0.1) is 31.6 Å². The number of H-pyrrole nitrogens is 1. The van der Waals surface area contributed by atoms with Crippen LogP contribution in [0.4, 0.5) is 0 Å². The fourth-order valence-corrected chi connectivity index (χ4v) is 3.27. The van der Waals surface area contributed by atoms with Crippen molar-refractivity contribution in [3.05, 3.63) is 47.8 Å². The van der Waals surface area contributed by atoms with Gasteiger partial charge >= 0.3 is 0 Å². The molecule has 110 valence electrons. The van der Waals surface area contributed by atoms with E-state index in [0.717, 1.165) is 18.6 Å². The standard InChI is InChI=1S/C16H19N3O2/c1-2-4-13-11(3-1)5-6-14(13)19-15-9-20-10-16(15)21-12-7-17-18-8-12/h1-4,7-8,14-16,19H,5-6,9-10H2,(H,17,18)/t14?,15-,16+/m0/s1. The third-order valence-corrected chi connectivity index (χ3v) is 4.34. The number of nitrogens with one attached hydrogen (secondary N) is 2. The number of rotatable bonds is 4. The summed E-state index contributed by atoms with van der Waals surface area (Å²) >= 11 is 0. The number of benzene rings is 1. The van der Waals surface area contributed by atoms with E-state index in [9.17, 15) is 0 Å². The molecule has 0 spiro atoms. The van der Waals surface area contributed by atoms with Gasteiger partial charge in [0.15, 0.2) is 5.75 Å². The molecule has 1 aromatic carbocycles. The average Bonchev–Trinajstić information content (AvgIpc) is 3.23. The van der Waals surface area contributed by atoms with Crippen LogP contribution in [-0.4, -0.2) is 35.6 Å². The first kappa shape index (κ1) is 12.9. The maximum Gasteiger partial charge on any atom is 0.157 e. The molecule has 5 heteroatoms. The number of aromatic nitrogens is 2. The number of aryl methyl sites for hydroxylation is 1. The first-order valence-corrected chi connectivity index (χ1v) is 7.47. The Morgan fingerprint density at radius 1 is 1.29 bits per heavy atom. The quantitative estimate of drug-likeness (QED) is 0.900. The molecule has 1 fully saturated rings. The molecule has 4 rings (SSSR count). The van der Waals surface area contributed by atoms with Gasteiger partial charge in [-0.25, -0.2) is 0 Å². The highest BCUT2D eigenvalue weighted by Crippen LogP contribution is 2.32. The molecule has 2 aliphatic rings. The fraction of sp³-hybridized carbons (Fsp3) is 0.438. The summed E-state index contributed by atoms with van der Waals surface area (Å²) in [5.41, 5.74) is 2.88. The van der Waals surface area contributed by atoms with Crippen LogP contribution < -0.4 is 10.1 Å². The van der Waals surface area contributed by atoms with Crippen LogP contribution in [0.2, 0.25) is 0 Å². The van der Waals surface area contributed by atoms with Crippen molar-refractivity contribution in [2.24, 2.45) is 0 Å². The first-order valence-electron chi connectivity index (χ1n) is 7.47. The van der Waals surface area contributed by atoms with Crippen LogP contribution in [0.15, 0.2) is 36.7 Å². The molecule has 5 nitrogen and oxygen atoms in total. The van der Waals surface area contributed by atoms with Crippen LogP contribution in [0, 0.1) is 0 Å². The van der Waals surface area contributed by atoms with Crippen molar-refractivity contribution in [2.75, 3.05) is 13.2 Å². The number of aromatic amines is 1. The molecular formula is C16H19N3O2. The van der Waals surface area contributed by atoms with Gasteiger partial charge in [0.1, 0.15) is 6.10 Å². The first-order chi connectivity index (χ1) is 10.4. The second-order valence-electron chi connectivity index (χ2n) is 5.69. The van der Waals surface area contributed by atoms with Crippen LogP contribution in [-0.2, 0) is 11.2 Å². The lowest BCUT2D eigenvalue weighted by Crippen LogP contribution is -2.43. The van der Waals surface area contributed by atoms with Gasteiger partial charge < -0.3 is 14.8 Å². The molecular weight excluding hydrogens is 266 g/mol. The summed E-state index contributed by atoms with van der Waals surface area (Å²) in [5, 5.41) is 10.4. The van der Waals surface area contributed by atoms with E-state index < -0.39 is 0 Å². The van der Waals surface area contributed by atoms with E-state index in [1.54, 1.807) is 12.4 Å². The molecule has 1 aromatic heterocycles. The molecule has 2 heterocycles. The van der Waals surface area contributed by atoms with Crippen molar-refractivity contribution in [3.8, 4) is 5.75 Å². The van der Waals surface area contributed by atoms with E-state index in [0.29, 0.717) is 19.3 Å². The molecule has 0 bridgehead atoms. The Kier molecular flexibility index (Phi) is 3.37. The lowest BCUT2D eigenvalue weighted by molar-refractivity contribution is 0.138. The number of hydrogen-bond donors (Lipinski definition) is 2. The smallest absolute Gasteiger partial charge is 0.157 e. The minimum atomic E-state index is 0.0374. The predicted octanol–water partition coefficient (Wildman–Crippen LogP) is 1.83. The van der Waals surface area contributed by atoms with Gasteiger partial charge in [-0.15, -0.1) is 0 Å². The van der Waals surface area contributed by atoms with Crippen LogP contribution in [0.25, 0.3) is 0 Å². The zero-order chi connectivity index (χ0) is 14.1. The molecule has 0 radical (unpaired) electrons. The maximum atomic E-state index is 5.94. The number of ether oxygens (including phenoxy) is 2. The van der Waals surface area contributed by atoms with Crippen LogP contribution in [0.1, 0.15) is 23.6 Å². The van der Waals surface area contributed by atoms with Gasteiger partial charge in [0, 0.05) is 6.04 Å². The van der Waals surface area contributed by atoms with Crippen molar-refractivity contribution in [1.29, 1.82) is 0 Å². The Morgan fingerprint density at radius 2 is 2.24 bits per heavy atom. The zero-order valence-corrected chi connectivity index (χ0v) is 11.8. The summed E-state index contributed by atoms with van der Waals surface area (Å²) in [5.74, 6) is 0.768. The molecule has 2 N–H and O–H groups in total. The summed E-state index contributed by atoms with van der Waals surface area (Å²) in [6.07, 6.45) is 5.79. The molecule has 1 unspecified atom stereocenters. The molecule has 3 atom stereocenters. The molecule has 1 aliphatic carbocycles. The van der Waals surface area contributed by atoms with E-state index in [1.165, 1.54) is 11.1 Å². The topological polar surface area (TPSA) is 59.2 Å². The highest BCUT2D eigenvalue weighted by atomic mass is 16.5. The van der Waals surface area contributed by atoms with Crippen molar-refractivity contribution < 1.29 is 9.47 Å². The second-order valence-corrected chi connectivity index (χ2v) is 5.69. The maximum absolute atomic E-state index is 5.94. The van der Waals surface area contributed by atoms with Gasteiger partial charge in [-0.3, -0.25) is 5.10 Å². The SMILES string of the molecule is c1ccc2c(c1)CCC2N[C@H]1COC[C@H]1Oc1cn[nH]c1. The van der Waals surface area contributed by atoms with E-state index in [4.69, 9.17) is 9.47 Å². The zero-order valence-electron chi connectivity index (χ0n) is 11.8. The highest BCUT2D eigenvalue weighted by molar-refractivity contribution is 5.34. The van der Waals surface area contributed by atoms with Crippen molar-refractivity contribution >= 4 is 0 Å². The van der Waals surface area contributed by atoms with Gasteiger partial charge in [-0.05, 0) is 24.0 Å². The number of hydrogen-bond acceptors (Lipinski definition) is 4. The summed E-state index contributed by atoms with van der Waals surface area (Å²) in [7, 11) is 0. The van der Waals surface area contributed by atoms with Crippen LogP contribution in [0.3, 0.4) is 0 Å². The van der Waals surface area contributed by atoms with Crippen LogP contribution >= 0.6 is 0 Å². The predicted molar refractivity (Wildman–Crippen MR) is 78.3 cm³/mol. The monoisotopic (exact) mass is 285 g/mol. The van der Waals surface area contributed by atoms with Gasteiger partial charge in [-0.1, -0.05) is 24.3 Å². The molecule has 1 aliphatic heterocycles. The van der Waals surface area contributed by atoms with Gasteiger partial charge in [-0.2, -0.15) is 5.10 Å². The van der Waals surface area contributed by atoms with E-state index in [1.807, 2.05) is 0 Å². The summed E-state index contributed by atoms with van der Waals surface area (Å²) in [4.78, 5) is 0. The van der Waals surface area contributed by atoms with Gasteiger partial charge in [0.2, 0.25) is 0 Å². The number of nitrogens with zero attached hydrogens (tertiary/aromatic N) is 1. The summed E-state index contributed by atoms with van der Waals surface area (Å²) in [6, 6.07) is 9.30. The summed E-state index contributed by atoms with van der Waals surface area (Å²) < 4.78 is 11.5.